The van der Waals surface area contributed by atoms with Crippen LogP contribution in [0.25, 0.3) is 0 Å². The molecule has 5 nitrogen and oxygen atoms in total. The molecule has 1 saturated heterocycles. The Bertz CT molecular complexity index is 821. The molecule has 2 aromatic rings. The number of amides is 2. The minimum absolute atomic E-state index is 0.0459. The molecule has 1 fully saturated rings. The molecule has 0 aromatic heterocycles. The second-order valence-corrected chi connectivity index (χ2v) is 7.19. The summed E-state index contributed by atoms with van der Waals surface area (Å²) in [5.41, 5.74) is 3.05. The van der Waals surface area contributed by atoms with Crippen LogP contribution in [0.2, 0.25) is 0 Å². The lowest BCUT2D eigenvalue weighted by Gasteiger charge is -2.24. The molecule has 0 saturated carbocycles. The molecule has 0 aliphatic carbocycles. The average Bonchev–Trinajstić information content (AvgIpc) is 2.87. The van der Waals surface area contributed by atoms with Gasteiger partial charge in [0.15, 0.2) is 0 Å². The van der Waals surface area contributed by atoms with E-state index in [1.54, 1.807) is 4.90 Å². The normalized spacial score (nSPS) is 17.0. The van der Waals surface area contributed by atoms with Crippen LogP contribution in [-0.2, 0) is 11.3 Å². The van der Waals surface area contributed by atoms with Gasteiger partial charge in [-0.2, -0.15) is 0 Å². The lowest BCUT2D eigenvalue weighted by Crippen LogP contribution is -2.37. The predicted molar refractivity (Wildman–Crippen MR) is 106 cm³/mol. The summed E-state index contributed by atoms with van der Waals surface area (Å²) >= 11 is 0. The molecule has 2 amide bonds. The number of hydrogen-bond acceptors (Lipinski definition) is 3. The van der Waals surface area contributed by atoms with Gasteiger partial charge in [-0.25, -0.2) is 0 Å². The van der Waals surface area contributed by atoms with E-state index in [9.17, 15) is 9.59 Å². The Hall–Kier alpha value is -2.82. The number of hydrogen-bond donors (Lipinski definition) is 0. The third-order valence-electron chi connectivity index (χ3n) is 5.46. The number of nitrogens with zero attached hydrogens (tertiary/aromatic N) is 3. The minimum atomic E-state index is 0.0459. The van der Waals surface area contributed by atoms with Crippen molar-refractivity contribution in [3.8, 4) is 0 Å². The fourth-order valence-corrected chi connectivity index (χ4v) is 3.95. The van der Waals surface area contributed by atoms with Gasteiger partial charge in [0.1, 0.15) is 0 Å². The molecule has 27 heavy (non-hydrogen) atoms. The van der Waals surface area contributed by atoms with Crippen LogP contribution in [0.5, 0.6) is 0 Å². The van der Waals surface area contributed by atoms with E-state index in [0.29, 0.717) is 19.5 Å². The van der Waals surface area contributed by atoms with Crippen LogP contribution in [-0.4, -0.2) is 54.3 Å². The molecule has 0 radical (unpaired) electrons. The highest BCUT2D eigenvalue weighted by Crippen LogP contribution is 2.22. The summed E-state index contributed by atoms with van der Waals surface area (Å²) in [5.74, 6) is 0.193. The quantitative estimate of drug-likeness (QED) is 0.839. The molecule has 2 heterocycles. The minimum Gasteiger partial charge on any atom is -0.370 e. The van der Waals surface area contributed by atoms with Crippen molar-refractivity contribution in [1.82, 2.24) is 9.80 Å². The first-order chi connectivity index (χ1) is 13.2. The molecule has 2 aliphatic rings. The van der Waals surface area contributed by atoms with Gasteiger partial charge in [-0.05, 0) is 30.2 Å². The van der Waals surface area contributed by atoms with Crippen molar-refractivity contribution >= 4 is 17.5 Å². The van der Waals surface area contributed by atoms with Crippen molar-refractivity contribution in [3.63, 3.8) is 0 Å². The first-order valence-corrected chi connectivity index (χ1v) is 9.67. The first kappa shape index (κ1) is 17.6. The molecule has 0 spiro atoms. The fourth-order valence-electron chi connectivity index (χ4n) is 3.95. The molecule has 0 atom stereocenters. The maximum atomic E-state index is 12.7. The van der Waals surface area contributed by atoms with E-state index in [4.69, 9.17) is 0 Å². The smallest absolute Gasteiger partial charge is 0.254 e. The van der Waals surface area contributed by atoms with Gasteiger partial charge >= 0.3 is 0 Å². The zero-order chi connectivity index (χ0) is 18.6. The van der Waals surface area contributed by atoms with Crippen LogP contribution in [0.15, 0.2) is 54.6 Å². The predicted octanol–water partition coefficient (Wildman–Crippen LogP) is 2.77. The van der Waals surface area contributed by atoms with Gasteiger partial charge in [0, 0.05) is 56.9 Å². The molecule has 2 aliphatic heterocycles. The van der Waals surface area contributed by atoms with Gasteiger partial charge in [-0.1, -0.05) is 36.4 Å². The second kappa shape index (κ2) is 7.82. The van der Waals surface area contributed by atoms with Crippen LogP contribution in [0.4, 0.5) is 5.69 Å². The zero-order valence-corrected chi connectivity index (χ0v) is 15.5. The van der Waals surface area contributed by atoms with E-state index in [1.807, 2.05) is 47.4 Å². The van der Waals surface area contributed by atoms with Crippen molar-refractivity contribution in [1.29, 1.82) is 0 Å². The highest BCUT2D eigenvalue weighted by Gasteiger charge is 2.27. The van der Waals surface area contributed by atoms with Crippen molar-refractivity contribution in [2.75, 3.05) is 37.6 Å². The number of rotatable bonds is 4. The fraction of sp³-hybridized carbons (Fsp3) is 0.364. The lowest BCUT2D eigenvalue weighted by atomic mass is 10.1. The average molecular weight is 363 g/mol. The number of fused-ring (bicyclic) bond motifs is 1. The summed E-state index contributed by atoms with van der Waals surface area (Å²) in [4.78, 5) is 31.2. The maximum Gasteiger partial charge on any atom is 0.254 e. The molecule has 0 bridgehead atoms. The van der Waals surface area contributed by atoms with E-state index in [0.717, 1.165) is 43.7 Å². The first-order valence-electron chi connectivity index (χ1n) is 9.67. The summed E-state index contributed by atoms with van der Waals surface area (Å²) in [6.07, 6.45) is 1.36. The van der Waals surface area contributed by atoms with Crippen LogP contribution < -0.4 is 4.90 Å². The molecule has 4 rings (SSSR count). The Balaban J connectivity index is 1.30. The van der Waals surface area contributed by atoms with Crippen LogP contribution >= 0.6 is 0 Å². The van der Waals surface area contributed by atoms with Gasteiger partial charge in [0.25, 0.3) is 5.91 Å². The number of carbonyl (C=O) groups excluding carboxylic acids is 2. The Morgan fingerprint density at radius 2 is 1.67 bits per heavy atom. The third-order valence-corrected chi connectivity index (χ3v) is 5.46. The van der Waals surface area contributed by atoms with Crippen LogP contribution in [0.3, 0.4) is 0 Å². The largest absolute Gasteiger partial charge is 0.370 e. The number of benzene rings is 2. The van der Waals surface area contributed by atoms with Crippen molar-refractivity contribution in [3.05, 3.63) is 65.7 Å². The van der Waals surface area contributed by atoms with E-state index in [2.05, 4.69) is 17.0 Å². The second-order valence-electron chi connectivity index (χ2n) is 7.19. The Kier molecular flexibility index (Phi) is 5.10. The van der Waals surface area contributed by atoms with Crippen molar-refractivity contribution < 1.29 is 9.59 Å². The molecule has 5 heteroatoms. The van der Waals surface area contributed by atoms with Crippen LogP contribution in [0.1, 0.15) is 28.8 Å². The molecule has 140 valence electrons. The van der Waals surface area contributed by atoms with Gasteiger partial charge in [0.2, 0.25) is 5.91 Å². The van der Waals surface area contributed by atoms with E-state index in [-0.39, 0.29) is 11.8 Å². The van der Waals surface area contributed by atoms with Gasteiger partial charge in [-0.3, -0.25) is 9.59 Å². The number of anilines is 1. The Morgan fingerprint density at radius 3 is 2.48 bits per heavy atom. The molecular formula is C22H25N3O2. The maximum absolute atomic E-state index is 12.7. The van der Waals surface area contributed by atoms with Crippen LogP contribution in [0, 0.1) is 0 Å². The molecule has 0 unspecified atom stereocenters. The number of carbonyl (C=O) groups is 2. The Morgan fingerprint density at radius 1 is 0.889 bits per heavy atom. The molecule has 0 N–H and O–H groups in total. The monoisotopic (exact) mass is 363 g/mol. The third kappa shape index (κ3) is 3.82. The zero-order valence-electron chi connectivity index (χ0n) is 15.5. The van der Waals surface area contributed by atoms with E-state index in [1.165, 1.54) is 5.69 Å². The highest BCUT2D eigenvalue weighted by molar-refractivity contribution is 5.98. The highest BCUT2D eigenvalue weighted by atomic mass is 16.2. The van der Waals surface area contributed by atoms with Crippen molar-refractivity contribution in [2.45, 2.75) is 19.4 Å². The van der Waals surface area contributed by atoms with Gasteiger partial charge in [-0.15, -0.1) is 0 Å². The summed E-state index contributed by atoms with van der Waals surface area (Å²) in [5, 5.41) is 0. The van der Waals surface area contributed by atoms with Gasteiger partial charge < -0.3 is 14.7 Å². The lowest BCUT2D eigenvalue weighted by molar-refractivity contribution is -0.131. The standard InChI is InChI=1S/C22H25N3O2/c26-21(11-14-25-17-18-7-4-5-10-20(18)22(25)27)24-13-6-12-23(15-16-24)19-8-2-1-3-9-19/h1-5,7-10H,6,11-17H2. The summed E-state index contributed by atoms with van der Waals surface area (Å²) in [6.45, 7) is 4.45. The number of para-hydroxylation sites is 1. The summed E-state index contributed by atoms with van der Waals surface area (Å²) in [6, 6.07) is 18.1. The van der Waals surface area contributed by atoms with Gasteiger partial charge in [0.05, 0.1) is 0 Å². The molecular weight excluding hydrogens is 338 g/mol. The van der Waals surface area contributed by atoms with E-state index >= 15 is 0 Å². The summed E-state index contributed by atoms with van der Waals surface area (Å²) < 4.78 is 0. The van der Waals surface area contributed by atoms with E-state index < -0.39 is 0 Å². The SMILES string of the molecule is O=C(CCN1Cc2ccccc2C1=O)N1CCCN(c2ccccc2)CC1. The Labute approximate surface area is 160 Å². The topological polar surface area (TPSA) is 43.9 Å². The summed E-state index contributed by atoms with van der Waals surface area (Å²) in [7, 11) is 0. The molecule has 2 aromatic carbocycles. The van der Waals surface area contributed by atoms with Crippen molar-refractivity contribution in [2.24, 2.45) is 0 Å².